The third-order valence-corrected chi connectivity index (χ3v) is 5.55. The molecule has 1 aromatic rings. The summed E-state index contributed by atoms with van der Waals surface area (Å²) in [5.41, 5.74) is 2.22. The van der Waals surface area contributed by atoms with Crippen LogP contribution in [0.1, 0.15) is 32.4 Å². The maximum absolute atomic E-state index is 12.6. The summed E-state index contributed by atoms with van der Waals surface area (Å²) in [7, 11) is 1.38. The van der Waals surface area contributed by atoms with Crippen LogP contribution in [0, 0.1) is 11.3 Å². The number of quaternary nitrogens is 1. The maximum atomic E-state index is 12.6. The molecule has 1 aliphatic heterocycles. The van der Waals surface area contributed by atoms with Crippen molar-refractivity contribution in [2.75, 3.05) is 39.9 Å². The van der Waals surface area contributed by atoms with Gasteiger partial charge in [0.15, 0.2) is 11.7 Å². The topological polar surface area (TPSA) is 79.0 Å². The van der Waals surface area contributed by atoms with Crippen molar-refractivity contribution in [1.82, 2.24) is 10.2 Å². The van der Waals surface area contributed by atoms with Gasteiger partial charge in [0.05, 0.1) is 44.9 Å². The lowest BCUT2D eigenvalue weighted by Crippen LogP contribution is -3.12. The Hall–Kier alpha value is -2.63. The number of nitriles is 1. The van der Waals surface area contributed by atoms with Gasteiger partial charge >= 0.3 is 5.97 Å². The van der Waals surface area contributed by atoms with Crippen LogP contribution < -0.4 is 15.0 Å². The number of likely N-dealkylation sites (N-methyl/N-ethyl adjacent to an activating group) is 1. The van der Waals surface area contributed by atoms with Gasteiger partial charge in [-0.05, 0) is 50.7 Å². The molecule has 0 fully saturated rings. The van der Waals surface area contributed by atoms with E-state index in [-0.39, 0.29) is 12.6 Å². The Kier molecular flexibility index (Phi) is 8.43. The third-order valence-electron chi connectivity index (χ3n) is 5.21. The van der Waals surface area contributed by atoms with Crippen LogP contribution in [0.2, 0.25) is 0 Å². The van der Waals surface area contributed by atoms with E-state index in [4.69, 9.17) is 27.0 Å². The first-order valence-electron chi connectivity index (χ1n) is 9.77. The van der Waals surface area contributed by atoms with Crippen molar-refractivity contribution in [3.05, 3.63) is 41.1 Å². The van der Waals surface area contributed by atoms with Gasteiger partial charge in [-0.25, -0.2) is 4.79 Å². The monoisotopic (exact) mass is 417 g/mol. The molecule has 0 saturated carbocycles. The highest BCUT2D eigenvalue weighted by Gasteiger charge is 2.34. The Morgan fingerprint density at radius 3 is 2.52 bits per heavy atom. The van der Waals surface area contributed by atoms with E-state index in [1.165, 1.54) is 12.0 Å². The molecule has 0 unspecified atom stereocenters. The van der Waals surface area contributed by atoms with Crippen LogP contribution >= 0.6 is 12.2 Å². The SMILES string of the molecule is CC[NH+](CC)CCN1C(=S)N[C@H](c2ccc(OCC#N)cc2)C(C(=O)OC)=C1C. The summed E-state index contributed by atoms with van der Waals surface area (Å²) in [5.74, 6) is 0.213. The van der Waals surface area contributed by atoms with Gasteiger partial charge in [-0.3, -0.25) is 0 Å². The molecule has 1 heterocycles. The summed E-state index contributed by atoms with van der Waals surface area (Å²) >= 11 is 5.62. The quantitative estimate of drug-likeness (QED) is 0.462. The Balaban J connectivity index is 2.32. The van der Waals surface area contributed by atoms with Gasteiger partial charge < -0.3 is 24.6 Å². The minimum Gasteiger partial charge on any atom is -0.479 e. The van der Waals surface area contributed by atoms with Crippen molar-refractivity contribution in [2.45, 2.75) is 26.8 Å². The summed E-state index contributed by atoms with van der Waals surface area (Å²) < 4.78 is 10.4. The Labute approximate surface area is 177 Å². The second-order valence-electron chi connectivity index (χ2n) is 6.75. The van der Waals surface area contributed by atoms with Crippen molar-refractivity contribution in [3.8, 4) is 11.8 Å². The molecule has 0 saturated heterocycles. The number of benzene rings is 1. The summed E-state index contributed by atoms with van der Waals surface area (Å²) in [5, 5.41) is 12.5. The van der Waals surface area contributed by atoms with Gasteiger partial charge in [0, 0.05) is 5.70 Å². The van der Waals surface area contributed by atoms with Crippen LogP contribution in [-0.4, -0.2) is 55.9 Å². The minimum absolute atomic E-state index is 0.0129. The molecule has 0 aliphatic carbocycles. The minimum atomic E-state index is -0.406. The van der Waals surface area contributed by atoms with Crippen molar-refractivity contribution >= 4 is 23.3 Å². The molecule has 2 rings (SSSR count). The molecule has 29 heavy (non-hydrogen) atoms. The first-order chi connectivity index (χ1) is 14.0. The second-order valence-corrected chi connectivity index (χ2v) is 7.13. The number of hydrogen-bond donors (Lipinski definition) is 2. The average Bonchev–Trinajstić information content (AvgIpc) is 2.74. The lowest BCUT2D eigenvalue weighted by Gasteiger charge is -2.37. The van der Waals surface area contributed by atoms with Crippen molar-refractivity contribution < 1.29 is 19.2 Å². The number of thiocarbonyl (C=S) groups is 1. The lowest BCUT2D eigenvalue weighted by molar-refractivity contribution is -0.895. The highest BCUT2D eigenvalue weighted by atomic mass is 32.1. The molecule has 1 atom stereocenters. The summed E-state index contributed by atoms with van der Waals surface area (Å²) in [6.07, 6.45) is 0. The number of carbonyl (C=O) groups excluding carboxylic acids is 1. The van der Waals surface area contributed by atoms with Crippen LogP contribution in [0.25, 0.3) is 0 Å². The zero-order chi connectivity index (χ0) is 21.4. The molecule has 0 radical (unpaired) electrons. The zero-order valence-electron chi connectivity index (χ0n) is 17.4. The van der Waals surface area contributed by atoms with E-state index in [1.54, 1.807) is 12.1 Å². The van der Waals surface area contributed by atoms with Gasteiger partial charge in [0.25, 0.3) is 0 Å². The molecular formula is C21H29N4O3S+. The molecule has 2 N–H and O–H groups in total. The summed E-state index contributed by atoms with van der Waals surface area (Å²) in [6.45, 7) is 9.96. The van der Waals surface area contributed by atoms with Crippen LogP contribution in [0.5, 0.6) is 5.75 Å². The van der Waals surface area contributed by atoms with Crippen molar-refractivity contribution in [1.29, 1.82) is 5.26 Å². The normalized spacial score (nSPS) is 16.5. The number of carbonyl (C=O) groups is 1. The molecule has 156 valence electrons. The number of ether oxygens (including phenoxy) is 2. The molecule has 7 nitrogen and oxygen atoms in total. The van der Waals surface area contributed by atoms with Gasteiger partial charge in [-0.15, -0.1) is 0 Å². The van der Waals surface area contributed by atoms with Gasteiger partial charge in [-0.2, -0.15) is 5.26 Å². The second kappa shape index (κ2) is 10.8. The van der Waals surface area contributed by atoms with Crippen LogP contribution in [0.4, 0.5) is 0 Å². The van der Waals surface area contributed by atoms with Gasteiger partial charge in [-0.1, -0.05) is 12.1 Å². The van der Waals surface area contributed by atoms with Crippen molar-refractivity contribution in [3.63, 3.8) is 0 Å². The van der Waals surface area contributed by atoms with E-state index in [1.807, 2.05) is 30.0 Å². The Morgan fingerprint density at radius 2 is 1.97 bits per heavy atom. The van der Waals surface area contributed by atoms with E-state index in [0.29, 0.717) is 16.4 Å². The zero-order valence-corrected chi connectivity index (χ0v) is 18.3. The molecule has 0 aromatic heterocycles. The first kappa shape index (κ1) is 22.7. The van der Waals surface area contributed by atoms with Crippen molar-refractivity contribution in [2.24, 2.45) is 0 Å². The largest absolute Gasteiger partial charge is 0.479 e. The smallest absolute Gasteiger partial charge is 0.337 e. The standard InChI is InChI=1S/C21H28N4O3S/c1-5-24(6-2)12-13-25-15(3)18(20(26)27-4)19(23-21(25)29)16-7-9-17(10-8-16)28-14-11-22/h7-10,19H,5-6,12-14H2,1-4H3,(H,23,29)/p+1/t19-/m1/s1. The maximum Gasteiger partial charge on any atom is 0.337 e. The molecular weight excluding hydrogens is 388 g/mol. The molecule has 8 heteroatoms. The number of hydrogen-bond acceptors (Lipinski definition) is 5. The lowest BCUT2D eigenvalue weighted by atomic mass is 9.95. The van der Waals surface area contributed by atoms with E-state index < -0.39 is 6.04 Å². The number of allylic oxidation sites excluding steroid dienone is 1. The molecule has 0 spiro atoms. The average molecular weight is 418 g/mol. The van der Waals surface area contributed by atoms with E-state index in [9.17, 15) is 4.79 Å². The van der Waals surface area contributed by atoms with E-state index in [2.05, 4.69) is 19.2 Å². The number of nitrogens with zero attached hydrogens (tertiary/aromatic N) is 2. The van der Waals surface area contributed by atoms with E-state index >= 15 is 0 Å². The third kappa shape index (κ3) is 5.46. The molecule has 1 aromatic carbocycles. The molecule has 0 bridgehead atoms. The molecule has 1 aliphatic rings. The highest BCUT2D eigenvalue weighted by Crippen LogP contribution is 2.32. The fraction of sp³-hybridized carbons (Fsp3) is 0.476. The van der Waals surface area contributed by atoms with Crippen LogP contribution in [-0.2, 0) is 9.53 Å². The summed E-state index contributed by atoms with van der Waals surface area (Å²) in [4.78, 5) is 16.1. The van der Waals surface area contributed by atoms with Crippen LogP contribution in [0.3, 0.4) is 0 Å². The number of rotatable bonds is 9. The predicted octanol–water partition coefficient (Wildman–Crippen LogP) is 1.19. The number of methoxy groups -OCH3 is 1. The first-order valence-corrected chi connectivity index (χ1v) is 10.2. The Morgan fingerprint density at radius 1 is 1.31 bits per heavy atom. The highest BCUT2D eigenvalue weighted by molar-refractivity contribution is 7.80. The van der Waals surface area contributed by atoms with Crippen LogP contribution in [0.15, 0.2) is 35.5 Å². The fourth-order valence-electron chi connectivity index (χ4n) is 3.42. The molecule has 0 amide bonds. The Bertz CT molecular complexity index is 797. The predicted molar refractivity (Wildman–Crippen MR) is 114 cm³/mol. The van der Waals surface area contributed by atoms with Gasteiger partial charge in [0.1, 0.15) is 11.8 Å². The van der Waals surface area contributed by atoms with E-state index in [0.717, 1.165) is 37.4 Å². The summed E-state index contributed by atoms with van der Waals surface area (Å²) in [6, 6.07) is 8.81. The number of esters is 1. The van der Waals surface area contributed by atoms with Gasteiger partial charge in [0.2, 0.25) is 0 Å². The fourth-order valence-corrected chi connectivity index (χ4v) is 3.77. The number of nitrogens with one attached hydrogen (secondary N) is 2.